The average molecular weight is 329 g/mol. The van der Waals surface area contributed by atoms with Crippen LogP contribution in [0.3, 0.4) is 0 Å². The van der Waals surface area contributed by atoms with Gasteiger partial charge in [0, 0.05) is 13.6 Å². The highest BCUT2D eigenvalue weighted by Gasteiger charge is 2.30. The number of benzene rings is 1. The molecule has 0 saturated carbocycles. The van der Waals surface area contributed by atoms with Crippen molar-refractivity contribution in [3.05, 3.63) is 29.6 Å². The van der Waals surface area contributed by atoms with Crippen molar-refractivity contribution in [3.8, 4) is 0 Å². The Kier molecular flexibility index (Phi) is 4.95. The van der Waals surface area contributed by atoms with Crippen LogP contribution < -0.4 is 0 Å². The first-order valence-corrected chi connectivity index (χ1v) is 6.95. The number of aromatic carboxylic acids is 1. The van der Waals surface area contributed by atoms with Crippen molar-refractivity contribution in [3.63, 3.8) is 0 Å². The molecule has 0 amide bonds. The zero-order valence-corrected chi connectivity index (χ0v) is 11.5. The Morgan fingerprint density at radius 1 is 1.33 bits per heavy atom. The van der Waals surface area contributed by atoms with Gasteiger partial charge in [-0.1, -0.05) is 0 Å². The first-order valence-electron chi connectivity index (χ1n) is 5.51. The summed E-state index contributed by atoms with van der Waals surface area (Å²) in [4.78, 5) is 10.1. The molecule has 0 radical (unpaired) electrons. The second-order valence-corrected chi connectivity index (χ2v) is 6.18. The molecule has 5 nitrogen and oxygen atoms in total. The Balaban J connectivity index is 3.08. The number of halogens is 4. The summed E-state index contributed by atoms with van der Waals surface area (Å²) in [5.41, 5.74) is -0.875. The van der Waals surface area contributed by atoms with Crippen LogP contribution >= 0.6 is 0 Å². The number of hydrogen-bond donors (Lipinski definition) is 1. The molecule has 1 aromatic carbocycles. The maximum atomic E-state index is 13.2. The van der Waals surface area contributed by atoms with E-state index >= 15 is 0 Å². The third kappa shape index (κ3) is 4.39. The molecule has 0 fully saturated rings. The van der Waals surface area contributed by atoms with Gasteiger partial charge in [0.1, 0.15) is 5.82 Å². The molecule has 1 aromatic rings. The lowest BCUT2D eigenvalue weighted by molar-refractivity contribution is -0.135. The van der Waals surface area contributed by atoms with E-state index in [0.717, 1.165) is 13.1 Å². The Bertz CT molecular complexity index is 642. The molecule has 0 aliphatic carbocycles. The molecule has 0 atom stereocenters. The lowest BCUT2D eigenvalue weighted by atomic mass is 10.2. The number of alkyl halides is 3. The van der Waals surface area contributed by atoms with E-state index < -0.39 is 51.4 Å². The fourth-order valence-electron chi connectivity index (χ4n) is 1.41. The summed E-state index contributed by atoms with van der Waals surface area (Å²) in [5, 5.41) is 8.71. The van der Waals surface area contributed by atoms with Gasteiger partial charge in [0.15, 0.2) is 0 Å². The number of rotatable bonds is 5. The van der Waals surface area contributed by atoms with Gasteiger partial charge in [-0.15, -0.1) is 0 Å². The summed E-state index contributed by atoms with van der Waals surface area (Å²) < 4.78 is 73.8. The van der Waals surface area contributed by atoms with Crippen molar-refractivity contribution in [1.29, 1.82) is 0 Å². The van der Waals surface area contributed by atoms with Crippen LogP contribution in [0.1, 0.15) is 16.8 Å². The summed E-state index contributed by atoms with van der Waals surface area (Å²) >= 11 is 0. The smallest absolute Gasteiger partial charge is 0.390 e. The summed E-state index contributed by atoms with van der Waals surface area (Å²) in [6, 6.07) is 1.99. The van der Waals surface area contributed by atoms with Crippen LogP contribution in [0.5, 0.6) is 0 Å². The summed E-state index contributed by atoms with van der Waals surface area (Å²) in [6.45, 7) is -0.828. The third-order valence-corrected chi connectivity index (χ3v) is 4.44. The van der Waals surface area contributed by atoms with Gasteiger partial charge in [-0.25, -0.2) is 21.9 Å². The van der Waals surface area contributed by atoms with Crippen molar-refractivity contribution in [2.45, 2.75) is 17.5 Å². The van der Waals surface area contributed by atoms with Crippen LogP contribution in [0.2, 0.25) is 0 Å². The highest BCUT2D eigenvalue weighted by Crippen LogP contribution is 2.23. The van der Waals surface area contributed by atoms with E-state index in [1.165, 1.54) is 0 Å². The second kappa shape index (κ2) is 5.98. The number of carbonyl (C=O) groups is 1. The molecule has 1 N–H and O–H groups in total. The van der Waals surface area contributed by atoms with E-state index in [2.05, 4.69) is 0 Å². The van der Waals surface area contributed by atoms with Gasteiger partial charge in [-0.05, 0) is 18.2 Å². The summed E-state index contributed by atoms with van der Waals surface area (Å²) in [6.07, 6.45) is -5.88. The molecule has 0 aliphatic rings. The molecule has 0 spiro atoms. The molecule has 118 valence electrons. The number of sulfonamides is 1. The fraction of sp³-hybridized carbons (Fsp3) is 0.364. The summed E-state index contributed by atoms with van der Waals surface area (Å²) in [7, 11) is -3.41. The fourth-order valence-corrected chi connectivity index (χ4v) is 2.61. The molecular formula is C11H11F4NO4S. The van der Waals surface area contributed by atoms with Gasteiger partial charge in [-0.3, -0.25) is 0 Å². The van der Waals surface area contributed by atoms with E-state index in [-0.39, 0.29) is 0 Å². The van der Waals surface area contributed by atoms with Gasteiger partial charge < -0.3 is 5.11 Å². The van der Waals surface area contributed by atoms with Crippen molar-refractivity contribution >= 4 is 16.0 Å². The van der Waals surface area contributed by atoms with E-state index in [4.69, 9.17) is 5.11 Å². The molecule has 1 rings (SSSR count). The van der Waals surface area contributed by atoms with Crippen molar-refractivity contribution in [2.75, 3.05) is 13.6 Å². The predicted octanol–water partition coefficient (Wildman–Crippen LogP) is 2.10. The zero-order chi connectivity index (χ0) is 16.4. The van der Waals surface area contributed by atoms with Crippen molar-refractivity contribution in [1.82, 2.24) is 4.31 Å². The lowest BCUT2D eigenvalue weighted by Gasteiger charge is -2.18. The van der Waals surface area contributed by atoms with Crippen LogP contribution in [0.15, 0.2) is 23.1 Å². The molecule has 0 aromatic heterocycles. The van der Waals surface area contributed by atoms with Crippen molar-refractivity contribution in [2.24, 2.45) is 0 Å². The first kappa shape index (κ1) is 17.4. The largest absolute Gasteiger partial charge is 0.478 e. The minimum absolute atomic E-state index is 0.430. The molecule has 0 bridgehead atoms. The minimum atomic E-state index is -4.53. The Hall–Kier alpha value is -1.68. The standard InChI is InChI=1S/C11H11F4NO4S/c1-16(5-4-11(13,14)15)21(19,20)7-2-3-9(12)8(6-7)10(17)18/h2-3,6H,4-5H2,1H3,(H,17,18). The molecule has 0 saturated heterocycles. The third-order valence-electron chi connectivity index (χ3n) is 2.59. The van der Waals surface area contributed by atoms with E-state index in [0.29, 0.717) is 16.4 Å². The monoisotopic (exact) mass is 329 g/mol. The van der Waals surface area contributed by atoms with Crippen molar-refractivity contribution < 1.29 is 35.9 Å². The summed E-state index contributed by atoms with van der Waals surface area (Å²) in [5.74, 6) is -2.82. The molecule has 21 heavy (non-hydrogen) atoms. The van der Waals surface area contributed by atoms with Gasteiger partial charge in [0.2, 0.25) is 10.0 Å². The molecular weight excluding hydrogens is 318 g/mol. The predicted molar refractivity (Wildman–Crippen MR) is 63.8 cm³/mol. The Labute approximate surface area is 117 Å². The SMILES string of the molecule is CN(CCC(F)(F)F)S(=O)(=O)c1ccc(F)c(C(=O)O)c1. The molecule has 10 heteroatoms. The van der Waals surface area contributed by atoms with Gasteiger partial charge in [0.05, 0.1) is 16.9 Å². The lowest BCUT2D eigenvalue weighted by Crippen LogP contribution is -2.30. The van der Waals surface area contributed by atoms with Gasteiger partial charge in [0.25, 0.3) is 0 Å². The zero-order valence-electron chi connectivity index (χ0n) is 10.7. The van der Waals surface area contributed by atoms with Gasteiger partial charge >= 0.3 is 12.1 Å². The number of hydrogen-bond acceptors (Lipinski definition) is 3. The number of carboxylic acid groups (broad SMARTS) is 1. The first-order chi connectivity index (χ1) is 9.45. The Morgan fingerprint density at radius 3 is 2.38 bits per heavy atom. The Morgan fingerprint density at radius 2 is 1.90 bits per heavy atom. The highest BCUT2D eigenvalue weighted by atomic mass is 32.2. The van der Waals surface area contributed by atoms with Crippen LogP contribution in [0, 0.1) is 5.82 Å². The molecule has 0 heterocycles. The van der Waals surface area contributed by atoms with Crippen LogP contribution in [0.25, 0.3) is 0 Å². The normalized spacial score (nSPS) is 12.7. The minimum Gasteiger partial charge on any atom is -0.478 e. The van der Waals surface area contributed by atoms with Gasteiger partial charge in [-0.2, -0.15) is 13.2 Å². The molecule has 0 unspecified atom stereocenters. The quantitative estimate of drug-likeness (QED) is 0.840. The van der Waals surface area contributed by atoms with E-state index in [9.17, 15) is 30.8 Å². The number of nitrogens with zero attached hydrogens (tertiary/aromatic N) is 1. The van der Waals surface area contributed by atoms with E-state index in [1.54, 1.807) is 0 Å². The molecule has 0 aliphatic heterocycles. The maximum Gasteiger partial charge on any atom is 0.390 e. The second-order valence-electron chi connectivity index (χ2n) is 4.14. The number of carboxylic acids is 1. The highest BCUT2D eigenvalue weighted by molar-refractivity contribution is 7.89. The topological polar surface area (TPSA) is 74.7 Å². The van der Waals surface area contributed by atoms with Crippen LogP contribution in [-0.4, -0.2) is 43.6 Å². The van der Waals surface area contributed by atoms with Crippen LogP contribution in [-0.2, 0) is 10.0 Å². The van der Waals surface area contributed by atoms with E-state index in [1.807, 2.05) is 0 Å². The maximum absolute atomic E-state index is 13.2. The average Bonchev–Trinajstić information content (AvgIpc) is 2.34. The van der Waals surface area contributed by atoms with Crippen LogP contribution in [0.4, 0.5) is 17.6 Å².